The molecular formula is C17H26ClFN2. The molecule has 0 aliphatic carbocycles. The van der Waals surface area contributed by atoms with Crippen LogP contribution in [0.25, 0.3) is 0 Å². The Morgan fingerprint density at radius 1 is 1.29 bits per heavy atom. The lowest BCUT2D eigenvalue weighted by Crippen LogP contribution is -2.55. The second kappa shape index (κ2) is 8.11. The Morgan fingerprint density at radius 3 is 2.76 bits per heavy atom. The molecule has 1 aromatic carbocycles. The molecule has 2 rings (SSSR count). The fourth-order valence-electron chi connectivity index (χ4n) is 3.17. The van der Waals surface area contributed by atoms with Gasteiger partial charge in [-0.3, -0.25) is 4.90 Å². The molecule has 21 heavy (non-hydrogen) atoms. The quantitative estimate of drug-likeness (QED) is 0.846. The number of benzene rings is 1. The fourth-order valence-corrected chi connectivity index (χ4v) is 3.34. The van der Waals surface area contributed by atoms with E-state index in [4.69, 9.17) is 11.6 Å². The van der Waals surface area contributed by atoms with E-state index in [1.807, 2.05) is 0 Å². The van der Waals surface area contributed by atoms with Crippen LogP contribution in [-0.2, 0) is 6.54 Å². The van der Waals surface area contributed by atoms with Gasteiger partial charge in [0.2, 0.25) is 0 Å². The molecule has 2 unspecified atom stereocenters. The molecule has 2 nitrogen and oxygen atoms in total. The molecule has 0 spiro atoms. The molecule has 1 aliphatic heterocycles. The van der Waals surface area contributed by atoms with Crippen LogP contribution in [0.4, 0.5) is 4.39 Å². The summed E-state index contributed by atoms with van der Waals surface area (Å²) in [5.41, 5.74) is 0.898. The zero-order valence-corrected chi connectivity index (χ0v) is 13.8. The standard InChI is InChI=1S/C17H26ClFN2/c1-3-5-15-12-21(16(6-4-2)10-20-15)11-13-9-14(19)7-8-17(13)18/h7-9,15-16,20H,3-6,10-12H2,1-2H3. The first-order valence-corrected chi connectivity index (χ1v) is 8.43. The van der Waals surface area contributed by atoms with Crippen molar-refractivity contribution in [3.63, 3.8) is 0 Å². The summed E-state index contributed by atoms with van der Waals surface area (Å²) in [6.07, 6.45) is 4.70. The van der Waals surface area contributed by atoms with Crippen LogP contribution >= 0.6 is 11.6 Å². The lowest BCUT2D eigenvalue weighted by Gasteiger charge is -2.40. The Morgan fingerprint density at radius 2 is 2.05 bits per heavy atom. The first-order valence-electron chi connectivity index (χ1n) is 8.05. The number of hydrogen-bond donors (Lipinski definition) is 1. The first kappa shape index (κ1) is 16.7. The van der Waals surface area contributed by atoms with Crippen molar-refractivity contribution < 1.29 is 4.39 Å². The van der Waals surface area contributed by atoms with E-state index < -0.39 is 0 Å². The largest absolute Gasteiger partial charge is 0.311 e. The minimum atomic E-state index is -0.207. The predicted octanol–water partition coefficient (Wildman–Crippen LogP) is 4.22. The van der Waals surface area contributed by atoms with Crippen molar-refractivity contribution >= 4 is 11.6 Å². The molecule has 1 aliphatic rings. The van der Waals surface area contributed by atoms with Crippen molar-refractivity contribution in [1.29, 1.82) is 0 Å². The molecule has 1 heterocycles. The summed E-state index contributed by atoms with van der Waals surface area (Å²) in [5, 5.41) is 4.31. The molecule has 0 amide bonds. The monoisotopic (exact) mass is 312 g/mol. The lowest BCUT2D eigenvalue weighted by molar-refractivity contribution is 0.111. The molecule has 0 saturated carbocycles. The lowest BCUT2D eigenvalue weighted by atomic mass is 10.0. The van der Waals surface area contributed by atoms with Crippen LogP contribution in [0.15, 0.2) is 18.2 Å². The minimum Gasteiger partial charge on any atom is -0.311 e. The van der Waals surface area contributed by atoms with Crippen LogP contribution in [0.2, 0.25) is 5.02 Å². The van der Waals surface area contributed by atoms with E-state index in [0.29, 0.717) is 17.1 Å². The smallest absolute Gasteiger partial charge is 0.123 e. The molecule has 1 saturated heterocycles. The summed E-state index contributed by atoms with van der Waals surface area (Å²) >= 11 is 6.23. The van der Waals surface area contributed by atoms with Gasteiger partial charge in [0, 0.05) is 36.7 Å². The van der Waals surface area contributed by atoms with E-state index in [9.17, 15) is 4.39 Å². The van der Waals surface area contributed by atoms with E-state index in [0.717, 1.165) is 31.6 Å². The van der Waals surface area contributed by atoms with Gasteiger partial charge in [-0.25, -0.2) is 4.39 Å². The highest BCUT2D eigenvalue weighted by Gasteiger charge is 2.27. The van der Waals surface area contributed by atoms with E-state index in [1.165, 1.54) is 25.3 Å². The van der Waals surface area contributed by atoms with Crippen LogP contribution < -0.4 is 5.32 Å². The van der Waals surface area contributed by atoms with Gasteiger partial charge in [0.05, 0.1) is 0 Å². The molecule has 4 heteroatoms. The van der Waals surface area contributed by atoms with Crippen molar-refractivity contribution in [2.24, 2.45) is 0 Å². The third-order valence-electron chi connectivity index (χ3n) is 4.25. The number of rotatable bonds is 6. The summed E-state index contributed by atoms with van der Waals surface area (Å²) < 4.78 is 13.5. The van der Waals surface area contributed by atoms with Gasteiger partial charge in [0.15, 0.2) is 0 Å². The Bertz CT molecular complexity index is 452. The summed E-state index contributed by atoms with van der Waals surface area (Å²) in [7, 11) is 0. The topological polar surface area (TPSA) is 15.3 Å². The molecule has 1 N–H and O–H groups in total. The van der Waals surface area contributed by atoms with Gasteiger partial charge in [-0.05, 0) is 36.6 Å². The van der Waals surface area contributed by atoms with Crippen molar-refractivity contribution in [2.75, 3.05) is 13.1 Å². The van der Waals surface area contributed by atoms with Crippen molar-refractivity contribution in [2.45, 2.75) is 58.2 Å². The molecule has 0 aromatic heterocycles. The molecule has 1 aromatic rings. The van der Waals surface area contributed by atoms with E-state index in [1.54, 1.807) is 12.1 Å². The van der Waals surface area contributed by atoms with Crippen LogP contribution in [0.1, 0.15) is 45.1 Å². The van der Waals surface area contributed by atoms with Gasteiger partial charge in [-0.15, -0.1) is 0 Å². The molecule has 2 atom stereocenters. The molecular weight excluding hydrogens is 287 g/mol. The predicted molar refractivity (Wildman–Crippen MR) is 87.2 cm³/mol. The van der Waals surface area contributed by atoms with Gasteiger partial charge in [-0.2, -0.15) is 0 Å². The van der Waals surface area contributed by atoms with Crippen LogP contribution in [0.3, 0.4) is 0 Å². The Hall–Kier alpha value is -0.640. The second-order valence-electron chi connectivity index (χ2n) is 6.00. The van der Waals surface area contributed by atoms with E-state index >= 15 is 0 Å². The van der Waals surface area contributed by atoms with Gasteiger partial charge in [0.1, 0.15) is 5.82 Å². The average molecular weight is 313 g/mol. The maximum absolute atomic E-state index is 13.5. The molecule has 1 fully saturated rings. The van der Waals surface area contributed by atoms with Crippen molar-refractivity contribution in [1.82, 2.24) is 10.2 Å². The summed E-state index contributed by atoms with van der Waals surface area (Å²) in [4.78, 5) is 2.47. The maximum atomic E-state index is 13.5. The average Bonchev–Trinajstić information content (AvgIpc) is 2.46. The second-order valence-corrected chi connectivity index (χ2v) is 6.41. The van der Waals surface area contributed by atoms with E-state index in [2.05, 4.69) is 24.1 Å². The van der Waals surface area contributed by atoms with Crippen LogP contribution in [-0.4, -0.2) is 30.1 Å². The Labute approximate surface area is 132 Å². The molecule has 0 bridgehead atoms. The normalized spacial score (nSPS) is 23.4. The highest BCUT2D eigenvalue weighted by Crippen LogP contribution is 2.23. The third kappa shape index (κ3) is 4.67. The summed E-state index contributed by atoms with van der Waals surface area (Å²) in [6, 6.07) is 5.71. The van der Waals surface area contributed by atoms with Crippen LogP contribution in [0, 0.1) is 5.82 Å². The highest BCUT2D eigenvalue weighted by atomic mass is 35.5. The van der Waals surface area contributed by atoms with Gasteiger partial charge in [-0.1, -0.05) is 38.3 Å². The van der Waals surface area contributed by atoms with Gasteiger partial charge in [0.25, 0.3) is 0 Å². The Balaban J connectivity index is 2.09. The van der Waals surface area contributed by atoms with E-state index in [-0.39, 0.29) is 5.82 Å². The Kier molecular flexibility index (Phi) is 6.46. The SMILES string of the molecule is CCCC1CN(Cc2cc(F)ccc2Cl)C(CCC)CN1. The fraction of sp³-hybridized carbons (Fsp3) is 0.647. The number of nitrogens with one attached hydrogen (secondary N) is 1. The highest BCUT2D eigenvalue weighted by molar-refractivity contribution is 6.31. The molecule has 0 radical (unpaired) electrons. The number of nitrogens with zero attached hydrogens (tertiary/aromatic N) is 1. The summed E-state index contributed by atoms with van der Waals surface area (Å²) in [6.45, 7) is 7.21. The number of halogens is 2. The number of piperazine rings is 1. The minimum absolute atomic E-state index is 0.207. The zero-order valence-electron chi connectivity index (χ0n) is 13.0. The van der Waals surface area contributed by atoms with Crippen molar-refractivity contribution in [3.05, 3.63) is 34.6 Å². The first-order chi connectivity index (χ1) is 10.1. The van der Waals surface area contributed by atoms with Gasteiger partial charge < -0.3 is 5.32 Å². The zero-order chi connectivity index (χ0) is 15.2. The van der Waals surface area contributed by atoms with Crippen LogP contribution in [0.5, 0.6) is 0 Å². The van der Waals surface area contributed by atoms with Gasteiger partial charge >= 0.3 is 0 Å². The molecule has 118 valence electrons. The maximum Gasteiger partial charge on any atom is 0.123 e. The number of hydrogen-bond acceptors (Lipinski definition) is 2. The summed E-state index contributed by atoms with van der Waals surface area (Å²) in [5.74, 6) is -0.207. The third-order valence-corrected chi connectivity index (χ3v) is 4.62. The van der Waals surface area contributed by atoms with Crippen molar-refractivity contribution in [3.8, 4) is 0 Å².